The van der Waals surface area contributed by atoms with Crippen molar-refractivity contribution in [1.82, 2.24) is 5.32 Å². The van der Waals surface area contributed by atoms with Gasteiger partial charge in [-0.15, -0.1) is 0 Å². The summed E-state index contributed by atoms with van der Waals surface area (Å²) in [6, 6.07) is 5.51. The quantitative estimate of drug-likeness (QED) is 0.760. The molecule has 2 N–H and O–H groups in total. The first-order valence-electron chi connectivity index (χ1n) is 5.61. The Kier molecular flexibility index (Phi) is 7.47. The van der Waals surface area contributed by atoms with Gasteiger partial charge in [-0.05, 0) is 24.4 Å². The average Bonchev–Trinajstić information content (AvgIpc) is 2.33. The molecule has 2 unspecified atom stereocenters. The lowest BCUT2D eigenvalue weighted by atomic mass is 10.2. The normalized spacial score (nSPS) is 14.5. The third-order valence-corrected chi connectivity index (χ3v) is 4.77. The van der Waals surface area contributed by atoms with E-state index in [1.807, 2.05) is 18.8 Å². The fourth-order valence-corrected chi connectivity index (χ4v) is 2.66. The number of halogens is 2. The van der Waals surface area contributed by atoms with Crippen LogP contribution >= 0.6 is 31.4 Å². The van der Waals surface area contributed by atoms with E-state index in [9.17, 15) is 5.11 Å². The SMILES string of the molecule is COP(C)CC(O)CNCc1ccc(Cl)c(Cl)c1. The van der Waals surface area contributed by atoms with E-state index in [1.165, 1.54) is 0 Å². The molecule has 0 spiro atoms. The van der Waals surface area contributed by atoms with Gasteiger partial charge in [-0.2, -0.15) is 0 Å². The first kappa shape index (κ1) is 16.2. The van der Waals surface area contributed by atoms with Gasteiger partial charge in [0.2, 0.25) is 0 Å². The molecule has 0 fully saturated rings. The Morgan fingerprint density at radius 2 is 2.11 bits per heavy atom. The van der Waals surface area contributed by atoms with Crippen molar-refractivity contribution in [1.29, 1.82) is 0 Å². The maximum Gasteiger partial charge on any atom is 0.0725 e. The summed E-state index contributed by atoms with van der Waals surface area (Å²) in [5.41, 5.74) is 1.04. The summed E-state index contributed by atoms with van der Waals surface area (Å²) in [5, 5.41) is 14.0. The topological polar surface area (TPSA) is 41.5 Å². The average molecular weight is 310 g/mol. The zero-order valence-corrected chi connectivity index (χ0v) is 12.9. The molecular weight excluding hydrogens is 292 g/mol. The van der Waals surface area contributed by atoms with Crippen LogP contribution in [0, 0.1) is 0 Å². The number of hydrogen-bond donors (Lipinski definition) is 2. The molecule has 0 aliphatic rings. The first-order valence-corrected chi connectivity index (χ1v) is 8.25. The lowest BCUT2D eigenvalue weighted by molar-refractivity contribution is 0.192. The van der Waals surface area contributed by atoms with Crippen LogP contribution in [-0.4, -0.2) is 37.7 Å². The van der Waals surface area contributed by atoms with Gasteiger partial charge in [0.1, 0.15) is 0 Å². The second-order valence-corrected chi connectivity index (χ2v) is 6.83. The molecule has 1 aromatic rings. The summed E-state index contributed by atoms with van der Waals surface area (Å²) >= 11 is 11.8. The van der Waals surface area contributed by atoms with Gasteiger partial charge in [-0.3, -0.25) is 0 Å². The van der Waals surface area contributed by atoms with Crippen molar-refractivity contribution >= 4 is 31.4 Å². The summed E-state index contributed by atoms with van der Waals surface area (Å²) in [5.74, 6) is 0. The van der Waals surface area contributed by atoms with Crippen LogP contribution in [0.3, 0.4) is 0 Å². The number of aliphatic hydroxyl groups is 1. The zero-order chi connectivity index (χ0) is 13.5. The first-order chi connectivity index (χ1) is 8.52. The number of benzene rings is 1. The highest BCUT2D eigenvalue weighted by molar-refractivity contribution is 7.51. The Bertz CT molecular complexity index is 379. The van der Waals surface area contributed by atoms with Crippen LogP contribution in [0.4, 0.5) is 0 Å². The molecule has 0 aliphatic carbocycles. The van der Waals surface area contributed by atoms with Gasteiger partial charge in [0, 0.05) is 34.5 Å². The van der Waals surface area contributed by atoms with Crippen LogP contribution in [0.5, 0.6) is 0 Å². The minimum absolute atomic E-state index is 0.385. The van der Waals surface area contributed by atoms with Crippen molar-refractivity contribution in [2.75, 3.05) is 26.5 Å². The maximum absolute atomic E-state index is 9.75. The van der Waals surface area contributed by atoms with Gasteiger partial charge in [0.15, 0.2) is 0 Å². The van der Waals surface area contributed by atoms with Crippen molar-refractivity contribution in [3.63, 3.8) is 0 Å². The van der Waals surface area contributed by atoms with Gasteiger partial charge in [0.05, 0.1) is 16.1 Å². The van der Waals surface area contributed by atoms with Crippen LogP contribution in [-0.2, 0) is 11.1 Å². The molecule has 102 valence electrons. The van der Waals surface area contributed by atoms with Crippen LogP contribution in [0.2, 0.25) is 10.0 Å². The second-order valence-electron chi connectivity index (χ2n) is 4.03. The van der Waals surface area contributed by atoms with Crippen LogP contribution in [0.1, 0.15) is 5.56 Å². The predicted molar refractivity (Wildman–Crippen MR) is 78.9 cm³/mol. The van der Waals surface area contributed by atoms with E-state index in [0.717, 1.165) is 5.56 Å². The third kappa shape index (κ3) is 5.83. The summed E-state index contributed by atoms with van der Waals surface area (Å²) in [6.07, 6.45) is 0.295. The van der Waals surface area contributed by atoms with Gasteiger partial charge in [0.25, 0.3) is 0 Å². The molecule has 0 amide bonds. The second kappa shape index (κ2) is 8.31. The minimum atomic E-state index is -0.527. The molecule has 3 nitrogen and oxygen atoms in total. The lowest BCUT2D eigenvalue weighted by Crippen LogP contribution is -2.28. The van der Waals surface area contributed by atoms with Crippen molar-refractivity contribution in [2.45, 2.75) is 12.6 Å². The van der Waals surface area contributed by atoms with Crippen molar-refractivity contribution < 1.29 is 9.63 Å². The zero-order valence-electron chi connectivity index (χ0n) is 10.5. The summed E-state index contributed by atoms with van der Waals surface area (Å²) in [4.78, 5) is 0. The predicted octanol–water partition coefficient (Wildman–Crippen LogP) is 3.12. The Labute approximate surface area is 119 Å². The van der Waals surface area contributed by atoms with Gasteiger partial charge >= 0.3 is 0 Å². The molecule has 2 atom stereocenters. The number of hydrogen-bond acceptors (Lipinski definition) is 3. The monoisotopic (exact) mass is 309 g/mol. The molecule has 18 heavy (non-hydrogen) atoms. The van der Waals surface area contributed by atoms with Crippen LogP contribution < -0.4 is 5.32 Å². The number of aliphatic hydroxyl groups excluding tert-OH is 1. The molecule has 6 heteroatoms. The molecule has 1 rings (SSSR count). The molecule has 1 aromatic carbocycles. The third-order valence-electron chi connectivity index (χ3n) is 2.47. The van der Waals surface area contributed by atoms with E-state index in [-0.39, 0.29) is 6.10 Å². The Hall–Kier alpha value is 0.110. The largest absolute Gasteiger partial charge is 0.391 e. The highest BCUT2D eigenvalue weighted by Gasteiger charge is 2.09. The Balaban J connectivity index is 2.30. The maximum atomic E-state index is 9.75. The van der Waals surface area contributed by atoms with Crippen molar-refractivity contribution in [3.8, 4) is 0 Å². The van der Waals surface area contributed by atoms with Gasteiger partial charge < -0.3 is 14.9 Å². The summed E-state index contributed by atoms with van der Waals surface area (Å²) in [7, 11) is 1.14. The molecule has 0 bridgehead atoms. The highest BCUT2D eigenvalue weighted by atomic mass is 35.5. The van der Waals surface area contributed by atoms with E-state index in [4.69, 9.17) is 27.7 Å². The fourth-order valence-electron chi connectivity index (χ4n) is 1.47. The Morgan fingerprint density at radius 3 is 2.72 bits per heavy atom. The fraction of sp³-hybridized carbons (Fsp3) is 0.500. The molecular formula is C12H18Cl2NO2P. The van der Waals surface area contributed by atoms with E-state index in [2.05, 4.69) is 5.32 Å². The van der Waals surface area contributed by atoms with Crippen LogP contribution in [0.15, 0.2) is 18.2 Å². The molecule has 0 radical (unpaired) electrons. The van der Waals surface area contributed by atoms with Gasteiger partial charge in [-0.1, -0.05) is 29.3 Å². The molecule has 0 heterocycles. The van der Waals surface area contributed by atoms with Crippen LogP contribution in [0.25, 0.3) is 0 Å². The van der Waals surface area contributed by atoms with E-state index in [0.29, 0.717) is 29.3 Å². The Morgan fingerprint density at radius 1 is 1.39 bits per heavy atom. The molecule has 0 aromatic heterocycles. The number of nitrogens with one attached hydrogen (secondary N) is 1. The molecule has 0 saturated carbocycles. The van der Waals surface area contributed by atoms with E-state index in [1.54, 1.807) is 13.2 Å². The van der Waals surface area contributed by atoms with Crippen molar-refractivity contribution in [3.05, 3.63) is 33.8 Å². The van der Waals surface area contributed by atoms with E-state index >= 15 is 0 Å². The molecule has 0 saturated heterocycles. The minimum Gasteiger partial charge on any atom is -0.391 e. The van der Waals surface area contributed by atoms with Gasteiger partial charge in [-0.25, -0.2) is 0 Å². The summed E-state index contributed by atoms with van der Waals surface area (Å²) < 4.78 is 5.16. The lowest BCUT2D eigenvalue weighted by Gasteiger charge is -2.15. The van der Waals surface area contributed by atoms with Crippen molar-refractivity contribution in [2.24, 2.45) is 0 Å². The highest BCUT2D eigenvalue weighted by Crippen LogP contribution is 2.30. The van der Waals surface area contributed by atoms with E-state index < -0.39 is 8.15 Å². The standard InChI is InChI=1S/C12H18Cl2NO2P/c1-17-18(2)8-10(16)7-15-6-9-3-4-11(13)12(14)5-9/h3-5,10,15-16H,6-8H2,1-2H3. The molecule has 0 aliphatic heterocycles. The smallest absolute Gasteiger partial charge is 0.0725 e. The number of rotatable bonds is 7. The summed E-state index contributed by atoms with van der Waals surface area (Å²) in [6.45, 7) is 3.19.